The summed E-state index contributed by atoms with van der Waals surface area (Å²) < 4.78 is 6.07. The molecule has 3 heterocycles. The van der Waals surface area contributed by atoms with E-state index in [1.807, 2.05) is 47.8 Å². The molecule has 1 atom stereocenters. The number of benzene rings is 2. The molecule has 1 saturated heterocycles. The minimum Gasteiger partial charge on any atom is -0.478 e. The summed E-state index contributed by atoms with van der Waals surface area (Å²) in [5, 5.41) is 26.0. The summed E-state index contributed by atoms with van der Waals surface area (Å²) in [5.74, 6) is -1.26. The normalized spacial score (nSPS) is 14.4. The largest absolute Gasteiger partial charge is 0.478 e. The predicted octanol–water partition coefficient (Wildman–Crippen LogP) is 5.77. The zero-order chi connectivity index (χ0) is 33.9. The van der Waals surface area contributed by atoms with Gasteiger partial charge in [0.05, 0.1) is 27.5 Å². The van der Waals surface area contributed by atoms with Crippen molar-refractivity contribution in [2.75, 3.05) is 18.8 Å². The van der Waals surface area contributed by atoms with Crippen LogP contribution in [0.3, 0.4) is 0 Å². The smallest absolute Gasteiger partial charge is 0.328 e. The van der Waals surface area contributed by atoms with E-state index in [-0.39, 0.29) is 18.0 Å². The molecule has 12 nitrogen and oxygen atoms in total. The number of carboxylic acid groups (broad SMARTS) is 2. The lowest BCUT2D eigenvalue weighted by molar-refractivity contribution is -0.134. The number of nitrogens with two attached hydrogens (primary N) is 1. The first-order chi connectivity index (χ1) is 22.5. The van der Waals surface area contributed by atoms with Gasteiger partial charge in [-0.15, -0.1) is 11.3 Å². The highest BCUT2D eigenvalue weighted by atomic mass is 35.5. The van der Waals surface area contributed by atoms with Gasteiger partial charge in [0, 0.05) is 54.3 Å². The Morgan fingerprint density at radius 2 is 1.79 bits per heavy atom. The summed E-state index contributed by atoms with van der Waals surface area (Å²) in [5.41, 5.74) is 9.58. The first-order valence-electron chi connectivity index (χ1n) is 14.3. The Kier molecular flexibility index (Phi) is 13.3. The molecule has 248 valence electrons. The fourth-order valence-corrected chi connectivity index (χ4v) is 6.45. The first kappa shape index (κ1) is 36.1. The molecule has 4 aromatic rings. The van der Waals surface area contributed by atoms with E-state index in [0.717, 1.165) is 59.2 Å². The molecule has 16 heteroatoms. The molecule has 0 saturated carbocycles. The number of carbonyl (C=O) groups excluding carboxylic acids is 1. The Morgan fingerprint density at radius 1 is 1.09 bits per heavy atom. The Hall–Kier alpha value is -3.79. The number of thioether (sulfide) groups is 1. The van der Waals surface area contributed by atoms with Crippen molar-refractivity contribution in [2.45, 2.75) is 42.7 Å². The Bertz CT molecular complexity index is 1710. The number of hydrogen-bond acceptors (Lipinski definition) is 11. The Labute approximate surface area is 289 Å². The maximum Gasteiger partial charge on any atom is 0.328 e. The number of carbonyl (C=O) groups is 3. The van der Waals surface area contributed by atoms with Crippen molar-refractivity contribution in [3.05, 3.63) is 81.5 Å². The number of nitrogens with zero attached hydrogens (tertiary/aromatic N) is 4. The Morgan fingerprint density at radius 3 is 2.43 bits per heavy atom. The van der Waals surface area contributed by atoms with E-state index in [9.17, 15) is 14.4 Å². The van der Waals surface area contributed by atoms with Crippen LogP contribution in [0.2, 0.25) is 10.0 Å². The molecule has 2 aromatic heterocycles. The lowest BCUT2D eigenvalue weighted by Gasteiger charge is -2.32. The number of piperidine rings is 1. The molecule has 1 amide bonds. The number of thiazole rings is 1. The zero-order valence-corrected chi connectivity index (χ0v) is 28.3. The average Bonchev–Trinajstić information content (AvgIpc) is 3.73. The molecule has 1 aliphatic heterocycles. The van der Waals surface area contributed by atoms with Crippen LogP contribution in [-0.2, 0) is 20.9 Å². The van der Waals surface area contributed by atoms with Crippen LogP contribution in [0.4, 0.5) is 0 Å². The standard InChI is InChI=1S/C27H28Cl2N6O2S2.C4H4O4/c1-16(30)26-33-25(34-37-26)19-4-2-3-18(12-19)23-14-38-27(32-23)39-15-24(36)31-20-7-9-35(10-8-20)13-17-5-6-21(28)22(29)11-17;5-3(6)1-2-4(7)8/h2-6,11-12,14,16,20H,7-10,13,15,30H2,1H3,(H,31,36);1-2H,(H,5,6)(H,7,8)/b;2-1+/t16-;/m0./s1. The van der Waals surface area contributed by atoms with E-state index in [1.54, 1.807) is 6.92 Å². The van der Waals surface area contributed by atoms with Crippen molar-refractivity contribution in [2.24, 2.45) is 5.73 Å². The van der Waals surface area contributed by atoms with Crippen LogP contribution in [0.5, 0.6) is 0 Å². The molecule has 0 radical (unpaired) electrons. The van der Waals surface area contributed by atoms with E-state index in [2.05, 4.69) is 20.4 Å². The van der Waals surface area contributed by atoms with Crippen LogP contribution in [0.15, 0.2) is 68.9 Å². The van der Waals surface area contributed by atoms with Crippen LogP contribution in [0.1, 0.15) is 37.3 Å². The number of halogens is 2. The number of nitrogens with one attached hydrogen (secondary N) is 1. The van der Waals surface area contributed by atoms with Gasteiger partial charge in [-0.1, -0.05) is 64.4 Å². The third-order valence-corrected chi connectivity index (χ3v) is 9.53. The van der Waals surface area contributed by atoms with Gasteiger partial charge in [0.1, 0.15) is 0 Å². The highest BCUT2D eigenvalue weighted by Gasteiger charge is 2.21. The van der Waals surface area contributed by atoms with Crippen molar-refractivity contribution in [3.63, 3.8) is 0 Å². The number of aromatic nitrogens is 3. The lowest BCUT2D eigenvalue weighted by Crippen LogP contribution is -2.44. The van der Waals surface area contributed by atoms with Gasteiger partial charge in [-0.25, -0.2) is 14.6 Å². The highest BCUT2D eigenvalue weighted by molar-refractivity contribution is 8.01. The molecule has 0 unspecified atom stereocenters. The van der Waals surface area contributed by atoms with Crippen molar-refractivity contribution in [3.8, 4) is 22.6 Å². The maximum atomic E-state index is 12.6. The molecule has 0 aliphatic carbocycles. The van der Waals surface area contributed by atoms with Crippen LogP contribution in [-0.4, -0.2) is 73.0 Å². The zero-order valence-electron chi connectivity index (χ0n) is 25.1. The molecule has 1 fully saturated rings. The molecule has 5 N–H and O–H groups in total. The quantitative estimate of drug-likeness (QED) is 0.109. The van der Waals surface area contributed by atoms with E-state index >= 15 is 0 Å². The third-order valence-electron chi connectivity index (χ3n) is 6.77. The number of likely N-dealkylation sites (tertiary alicyclic amines) is 1. The molecule has 5 rings (SSSR count). The van der Waals surface area contributed by atoms with Gasteiger partial charge in [0.25, 0.3) is 0 Å². The summed E-state index contributed by atoms with van der Waals surface area (Å²) in [6.07, 6.45) is 2.95. The van der Waals surface area contributed by atoms with Crippen molar-refractivity contribution < 1.29 is 29.1 Å². The number of rotatable bonds is 11. The molecule has 47 heavy (non-hydrogen) atoms. The Balaban J connectivity index is 0.000000555. The fraction of sp³-hybridized carbons (Fsp3) is 0.290. The summed E-state index contributed by atoms with van der Waals surface area (Å²) in [7, 11) is 0. The minimum atomic E-state index is -1.26. The lowest BCUT2D eigenvalue weighted by atomic mass is 10.0. The molecule has 0 spiro atoms. The number of aliphatic carboxylic acids is 2. The number of carboxylic acids is 2. The van der Waals surface area contributed by atoms with Gasteiger partial charge in [0.2, 0.25) is 17.6 Å². The van der Waals surface area contributed by atoms with Gasteiger partial charge in [-0.3, -0.25) is 9.69 Å². The van der Waals surface area contributed by atoms with Crippen LogP contribution < -0.4 is 11.1 Å². The molecular formula is C31H32Cl2N6O6S2. The molecular weight excluding hydrogens is 687 g/mol. The van der Waals surface area contributed by atoms with E-state index in [1.165, 1.54) is 23.1 Å². The topological polar surface area (TPSA) is 185 Å². The summed E-state index contributed by atoms with van der Waals surface area (Å²) in [6, 6.07) is 13.4. The van der Waals surface area contributed by atoms with Gasteiger partial charge in [0.15, 0.2) is 4.34 Å². The minimum absolute atomic E-state index is 0.0312. The fourth-order valence-electron chi connectivity index (χ4n) is 4.48. The van der Waals surface area contributed by atoms with Gasteiger partial charge in [-0.2, -0.15) is 4.98 Å². The van der Waals surface area contributed by atoms with Crippen LogP contribution >= 0.6 is 46.3 Å². The second-order valence-corrected chi connectivity index (χ2v) is 13.4. The third kappa shape index (κ3) is 11.4. The van der Waals surface area contributed by atoms with E-state index in [0.29, 0.717) is 39.7 Å². The molecule has 2 aromatic carbocycles. The van der Waals surface area contributed by atoms with Crippen molar-refractivity contribution >= 4 is 64.1 Å². The summed E-state index contributed by atoms with van der Waals surface area (Å²) >= 11 is 15.1. The second kappa shape index (κ2) is 17.4. The van der Waals surface area contributed by atoms with E-state index < -0.39 is 11.9 Å². The van der Waals surface area contributed by atoms with Gasteiger partial charge >= 0.3 is 11.9 Å². The average molecular weight is 720 g/mol. The summed E-state index contributed by atoms with van der Waals surface area (Å²) in [6.45, 7) is 4.46. The van der Waals surface area contributed by atoms with Crippen LogP contribution in [0.25, 0.3) is 22.6 Å². The SMILES string of the molecule is C[C@H](N)c1nc(-c2cccc(-c3csc(SCC(=O)NC4CCN(Cc5ccc(Cl)c(Cl)c5)CC4)n3)c2)no1.O=C(O)/C=C/C(=O)O. The van der Waals surface area contributed by atoms with Crippen LogP contribution in [0, 0.1) is 0 Å². The maximum absolute atomic E-state index is 12.6. The predicted molar refractivity (Wildman–Crippen MR) is 181 cm³/mol. The number of hydrogen-bond donors (Lipinski definition) is 4. The second-order valence-electron chi connectivity index (χ2n) is 10.5. The number of amides is 1. The first-order valence-corrected chi connectivity index (χ1v) is 17.0. The van der Waals surface area contributed by atoms with E-state index in [4.69, 9.17) is 48.7 Å². The molecule has 0 bridgehead atoms. The highest BCUT2D eigenvalue weighted by Crippen LogP contribution is 2.30. The summed E-state index contributed by atoms with van der Waals surface area (Å²) in [4.78, 5) is 43.2. The van der Waals surface area contributed by atoms with Crippen molar-refractivity contribution in [1.82, 2.24) is 25.3 Å². The van der Waals surface area contributed by atoms with Gasteiger partial charge in [-0.05, 0) is 43.5 Å². The van der Waals surface area contributed by atoms with Crippen molar-refractivity contribution in [1.29, 1.82) is 0 Å². The molecule has 1 aliphatic rings. The van der Waals surface area contributed by atoms with Gasteiger partial charge < -0.3 is 25.8 Å². The monoisotopic (exact) mass is 718 g/mol.